The molecule has 0 spiro atoms. The summed E-state index contributed by atoms with van der Waals surface area (Å²) in [5.41, 5.74) is 4.27. The third-order valence-corrected chi connectivity index (χ3v) is 5.62. The Morgan fingerprint density at radius 3 is 2.42 bits per heavy atom. The van der Waals surface area contributed by atoms with Crippen molar-refractivity contribution in [1.29, 1.82) is 0 Å². The Balaban J connectivity index is 1.65. The first-order valence-corrected chi connectivity index (χ1v) is 11.0. The van der Waals surface area contributed by atoms with E-state index in [2.05, 4.69) is 42.4 Å². The van der Waals surface area contributed by atoms with Gasteiger partial charge in [-0.3, -0.25) is 4.79 Å². The summed E-state index contributed by atoms with van der Waals surface area (Å²) in [4.78, 5) is 23.4. The van der Waals surface area contributed by atoms with Gasteiger partial charge in [0.05, 0.1) is 27.8 Å². The zero-order chi connectivity index (χ0) is 24.0. The first-order valence-electron chi connectivity index (χ1n) is 9.43. The highest BCUT2D eigenvalue weighted by Crippen LogP contribution is 2.33. The highest BCUT2D eigenvalue weighted by atomic mass is 79.9. The van der Waals surface area contributed by atoms with Crippen LogP contribution in [0.3, 0.4) is 0 Å². The Bertz CT molecular complexity index is 1210. The molecular formula is C23H18Br2N2O6. The van der Waals surface area contributed by atoms with Gasteiger partial charge in [-0.1, -0.05) is 12.1 Å². The molecule has 0 unspecified atom stereocenters. The number of hydrogen-bond donors (Lipinski definition) is 3. The molecule has 0 saturated heterocycles. The van der Waals surface area contributed by atoms with Gasteiger partial charge >= 0.3 is 5.97 Å². The minimum absolute atomic E-state index is 0.000884. The zero-order valence-corrected chi connectivity index (χ0v) is 20.4. The number of benzene rings is 3. The lowest BCUT2D eigenvalue weighted by molar-refractivity contribution is 0.0696. The number of methoxy groups -OCH3 is 1. The minimum atomic E-state index is -1.00. The van der Waals surface area contributed by atoms with Gasteiger partial charge < -0.3 is 19.7 Å². The summed E-state index contributed by atoms with van der Waals surface area (Å²) in [6.07, 6.45) is 1.45. The molecule has 8 nitrogen and oxygen atoms in total. The Labute approximate surface area is 206 Å². The molecule has 0 heterocycles. The highest BCUT2D eigenvalue weighted by Gasteiger charge is 2.12. The molecule has 0 fully saturated rings. The van der Waals surface area contributed by atoms with Crippen LogP contribution in [0.2, 0.25) is 0 Å². The van der Waals surface area contributed by atoms with Gasteiger partial charge in [-0.15, -0.1) is 0 Å². The molecule has 0 aromatic heterocycles. The molecule has 0 aliphatic heterocycles. The Hall–Kier alpha value is -3.37. The SMILES string of the molecule is COc1cc(/C=N\NC(=O)c2cc(Br)c(O)c(Br)c2)ccc1OCc1cccc(C(=O)O)c1. The van der Waals surface area contributed by atoms with E-state index >= 15 is 0 Å². The van der Waals surface area contributed by atoms with Crippen LogP contribution in [0.5, 0.6) is 17.2 Å². The second-order valence-electron chi connectivity index (χ2n) is 6.69. The van der Waals surface area contributed by atoms with Crippen molar-refractivity contribution in [2.24, 2.45) is 5.10 Å². The van der Waals surface area contributed by atoms with Gasteiger partial charge in [0.25, 0.3) is 5.91 Å². The summed E-state index contributed by atoms with van der Waals surface area (Å²) in [6, 6.07) is 14.6. The second kappa shape index (κ2) is 11.0. The van der Waals surface area contributed by atoms with Crippen LogP contribution in [0.4, 0.5) is 0 Å². The molecule has 0 saturated carbocycles. The number of halogens is 2. The number of phenolic OH excluding ortho intramolecular Hbond substituents is 1. The zero-order valence-electron chi connectivity index (χ0n) is 17.2. The number of ether oxygens (including phenoxy) is 2. The van der Waals surface area contributed by atoms with E-state index in [1.807, 2.05) is 0 Å². The number of nitrogens with one attached hydrogen (secondary N) is 1. The topological polar surface area (TPSA) is 117 Å². The second-order valence-corrected chi connectivity index (χ2v) is 8.40. The van der Waals surface area contributed by atoms with Crippen molar-refractivity contribution in [3.8, 4) is 17.2 Å². The largest absolute Gasteiger partial charge is 0.506 e. The molecule has 0 bridgehead atoms. The predicted molar refractivity (Wildman–Crippen MR) is 129 cm³/mol. The first-order chi connectivity index (χ1) is 15.8. The van der Waals surface area contributed by atoms with Gasteiger partial charge in [-0.2, -0.15) is 5.10 Å². The third-order valence-electron chi connectivity index (χ3n) is 4.41. The van der Waals surface area contributed by atoms with Crippen molar-refractivity contribution in [3.05, 3.63) is 85.8 Å². The van der Waals surface area contributed by atoms with E-state index in [4.69, 9.17) is 14.6 Å². The number of hydrogen-bond acceptors (Lipinski definition) is 6. The average molecular weight is 578 g/mol. The lowest BCUT2D eigenvalue weighted by atomic mass is 10.1. The van der Waals surface area contributed by atoms with Crippen LogP contribution in [0.15, 0.2) is 68.6 Å². The summed E-state index contributed by atoms with van der Waals surface area (Å²) in [5, 5.41) is 22.8. The lowest BCUT2D eigenvalue weighted by Crippen LogP contribution is -2.17. The van der Waals surface area contributed by atoms with Crippen molar-refractivity contribution in [2.75, 3.05) is 7.11 Å². The summed E-state index contributed by atoms with van der Waals surface area (Å²) >= 11 is 6.36. The van der Waals surface area contributed by atoms with E-state index in [0.29, 0.717) is 37.1 Å². The molecule has 3 aromatic rings. The van der Waals surface area contributed by atoms with E-state index in [9.17, 15) is 14.7 Å². The van der Waals surface area contributed by atoms with E-state index < -0.39 is 11.9 Å². The smallest absolute Gasteiger partial charge is 0.335 e. The number of carboxylic acid groups (broad SMARTS) is 1. The summed E-state index contributed by atoms with van der Waals surface area (Å²) < 4.78 is 11.9. The van der Waals surface area contributed by atoms with Crippen molar-refractivity contribution in [3.63, 3.8) is 0 Å². The number of carbonyl (C=O) groups excluding carboxylic acids is 1. The maximum Gasteiger partial charge on any atom is 0.335 e. The third kappa shape index (κ3) is 6.33. The molecule has 3 N–H and O–H groups in total. The molecule has 0 aliphatic carbocycles. The summed E-state index contributed by atoms with van der Waals surface area (Å²) in [7, 11) is 1.50. The van der Waals surface area contributed by atoms with Crippen LogP contribution in [0, 0.1) is 0 Å². The molecule has 0 radical (unpaired) electrons. The van der Waals surface area contributed by atoms with Gasteiger partial charge in [0.2, 0.25) is 0 Å². The van der Waals surface area contributed by atoms with Gasteiger partial charge in [0.15, 0.2) is 11.5 Å². The predicted octanol–water partition coefficient (Wildman–Crippen LogP) is 4.97. The van der Waals surface area contributed by atoms with Gasteiger partial charge in [0, 0.05) is 5.56 Å². The number of carboxylic acids is 1. The molecule has 170 valence electrons. The Morgan fingerprint density at radius 2 is 1.76 bits per heavy atom. The number of aromatic hydroxyl groups is 1. The quantitative estimate of drug-likeness (QED) is 0.257. The molecule has 3 rings (SSSR count). The van der Waals surface area contributed by atoms with Crippen LogP contribution >= 0.6 is 31.9 Å². The standard InChI is InChI=1S/C23H18Br2N2O6/c1-32-20-8-13(11-26-27-22(29)16-9-17(24)21(28)18(25)10-16)5-6-19(20)33-12-14-3-2-4-15(7-14)23(30)31/h2-11,28H,12H2,1H3,(H,27,29)(H,30,31)/b26-11-. The number of hydrazone groups is 1. The average Bonchev–Trinajstić information content (AvgIpc) is 2.81. The van der Waals surface area contributed by atoms with Crippen molar-refractivity contribution >= 4 is 50.0 Å². The maximum atomic E-state index is 12.3. The lowest BCUT2D eigenvalue weighted by Gasteiger charge is -2.11. The van der Waals surface area contributed by atoms with Gasteiger partial charge in [0.1, 0.15) is 12.4 Å². The highest BCUT2D eigenvalue weighted by molar-refractivity contribution is 9.11. The number of carbonyl (C=O) groups is 2. The van der Waals surface area contributed by atoms with Gasteiger partial charge in [-0.25, -0.2) is 10.2 Å². The molecule has 3 aromatic carbocycles. The molecule has 33 heavy (non-hydrogen) atoms. The molecule has 1 amide bonds. The number of amides is 1. The fourth-order valence-corrected chi connectivity index (χ4v) is 3.95. The van der Waals surface area contributed by atoms with Gasteiger partial charge in [-0.05, 0) is 85.5 Å². The molecule has 10 heteroatoms. The fourth-order valence-electron chi connectivity index (χ4n) is 2.77. The fraction of sp³-hybridized carbons (Fsp3) is 0.0870. The monoisotopic (exact) mass is 576 g/mol. The maximum absolute atomic E-state index is 12.3. The normalized spacial score (nSPS) is 10.8. The number of aromatic carboxylic acids is 1. The number of nitrogens with zero attached hydrogens (tertiary/aromatic N) is 1. The Kier molecular flexibility index (Phi) is 8.07. The minimum Gasteiger partial charge on any atom is -0.506 e. The van der Waals surface area contributed by atoms with E-state index in [1.165, 1.54) is 31.5 Å². The van der Waals surface area contributed by atoms with Crippen LogP contribution in [0.1, 0.15) is 31.8 Å². The first kappa shape index (κ1) is 24.3. The number of phenols is 1. The van der Waals surface area contributed by atoms with Crippen LogP contribution < -0.4 is 14.9 Å². The van der Waals surface area contributed by atoms with E-state index in [0.717, 1.165) is 0 Å². The van der Waals surface area contributed by atoms with E-state index in [-0.39, 0.29) is 17.9 Å². The summed E-state index contributed by atoms with van der Waals surface area (Å²) in [6.45, 7) is 0.165. The number of rotatable bonds is 8. The van der Waals surface area contributed by atoms with Crippen molar-refractivity contribution in [2.45, 2.75) is 6.61 Å². The van der Waals surface area contributed by atoms with Crippen LogP contribution in [-0.2, 0) is 6.61 Å². The molecule has 0 atom stereocenters. The van der Waals surface area contributed by atoms with Crippen molar-refractivity contribution < 1.29 is 29.3 Å². The Morgan fingerprint density at radius 1 is 1.03 bits per heavy atom. The van der Waals surface area contributed by atoms with Crippen LogP contribution in [-0.4, -0.2) is 35.4 Å². The van der Waals surface area contributed by atoms with Crippen LogP contribution in [0.25, 0.3) is 0 Å². The molecule has 0 aliphatic rings. The van der Waals surface area contributed by atoms with E-state index in [1.54, 1.807) is 36.4 Å². The summed E-state index contributed by atoms with van der Waals surface area (Å²) in [5.74, 6) is -0.540. The molecular weight excluding hydrogens is 560 g/mol. The van der Waals surface area contributed by atoms with Crippen molar-refractivity contribution in [1.82, 2.24) is 5.43 Å².